The third kappa shape index (κ3) is 3.51. The topological polar surface area (TPSA) is 92.8 Å². The molecule has 94 valence electrons. The van der Waals surface area contributed by atoms with Crippen LogP contribution in [-0.2, 0) is 4.79 Å². The van der Waals surface area contributed by atoms with E-state index in [0.29, 0.717) is 16.3 Å². The fraction of sp³-hybridized carbons (Fsp3) is 0.364. The van der Waals surface area contributed by atoms with Crippen LogP contribution in [0.25, 0.3) is 0 Å². The third-order valence-corrected chi connectivity index (χ3v) is 2.67. The standard InChI is InChI=1S/C11H14ClNO4/c1-17-10-5-9(14)6(4-7(10)12)8(13)2-3-11(15)16/h4-5,8,14H,2-3,13H2,1H3,(H,15,16). The minimum absolute atomic E-state index is 0.0517. The average Bonchev–Trinajstić information content (AvgIpc) is 2.28. The number of carboxylic acids is 1. The summed E-state index contributed by atoms with van der Waals surface area (Å²) in [4.78, 5) is 10.4. The molecule has 0 aromatic heterocycles. The molecule has 0 amide bonds. The van der Waals surface area contributed by atoms with Crippen molar-refractivity contribution in [1.29, 1.82) is 0 Å². The van der Waals surface area contributed by atoms with Gasteiger partial charge in [0.25, 0.3) is 0 Å². The zero-order valence-corrected chi connectivity index (χ0v) is 10.1. The first-order chi connectivity index (χ1) is 7.95. The van der Waals surface area contributed by atoms with Crippen LogP contribution in [0.5, 0.6) is 11.5 Å². The second-order valence-electron chi connectivity index (χ2n) is 3.58. The fourth-order valence-corrected chi connectivity index (χ4v) is 1.70. The lowest BCUT2D eigenvalue weighted by Gasteiger charge is -2.14. The molecule has 1 unspecified atom stereocenters. The number of carbonyl (C=O) groups is 1. The van der Waals surface area contributed by atoms with Gasteiger partial charge in [-0.2, -0.15) is 0 Å². The van der Waals surface area contributed by atoms with Gasteiger partial charge in [0, 0.05) is 24.1 Å². The van der Waals surface area contributed by atoms with Gasteiger partial charge in [0.05, 0.1) is 12.1 Å². The molecule has 1 atom stereocenters. The molecule has 0 aliphatic rings. The van der Waals surface area contributed by atoms with Gasteiger partial charge in [0.1, 0.15) is 11.5 Å². The van der Waals surface area contributed by atoms with E-state index in [-0.39, 0.29) is 18.6 Å². The Morgan fingerprint density at radius 3 is 2.76 bits per heavy atom. The first kappa shape index (κ1) is 13.6. The third-order valence-electron chi connectivity index (χ3n) is 2.37. The van der Waals surface area contributed by atoms with E-state index in [1.54, 1.807) is 0 Å². The molecule has 6 heteroatoms. The van der Waals surface area contributed by atoms with Gasteiger partial charge in [0.15, 0.2) is 0 Å². The number of aromatic hydroxyl groups is 1. The van der Waals surface area contributed by atoms with Crippen molar-refractivity contribution in [3.63, 3.8) is 0 Å². The second kappa shape index (κ2) is 5.75. The second-order valence-corrected chi connectivity index (χ2v) is 3.99. The lowest BCUT2D eigenvalue weighted by atomic mass is 10.0. The summed E-state index contributed by atoms with van der Waals surface area (Å²) in [6.45, 7) is 0. The Hall–Kier alpha value is -1.46. The minimum atomic E-state index is -0.931. The van der Waals surface area contributed by atoms with Gasteiger partial charge in [-0.25, -0.2) is 0 Å². The molecule has 0 saturated heterocycles. The van der Waals surface area contributed by atoms with E-state index < -0.39 is 12.0 Å². The summed E-state index contributed by atoms with van der Waals surface area (Å²) < 4.78 is 4.93. The molecule has 0 radical (unpaired) electrons. The molecule has 1 aromatic rings. The van der Waals surface area contributed by atoms with E-state index >= 15 is 0 Å². The lowest BCUT2D eigenvalue weighted by molar-refractivity contribution is -0.137. The van der Waals surface area contributed by atoms with Crippen LogP contribution in [-0.4, -0.2) is 23.3 Å². The normalized spacial score (nSPS) is 12.2. The SMILES string of the molecule is COc1cc(O)c(C(N)CCC(=O)O)cc1Cl. The molecule has 17 heavy (non-hydrogen) atoms. The highest BCUT2D eigenvalue weighted by Crippen LogP contribution is 2.35. The van der Waals surface area contributed by atoms with Crippen molar-refractivity contribution in [2.24, 2.45) is 5.73 Å². The molecule has 0 aliphatic heterocycles. The Labute approximate surface area is 104 Å². The summed E-state index contributed by atoms with van der Waals surface area (Å²) >= 11 is 5.90. The van der Waals surface area contributed by atoms with Gasteiger partial charge >= 0.3 is 5.97 Å². The number of phenolic OH excluding ortho intramolecular Hbond substituents is 1. The number of aliphatic carboxylic acids is 1. The molecule has 0 aliphatic carbocycles. The number of methoxy groups -OCH3 is 1. The van der Waals surface area contributed by atoms with Crippen molar-refractivity contribution in [3.05, 3.63) is 22.7 Å². The Bertz CT molecular complexity index is 422. The molecule has 0 fully saturated rings. The van der Waals surface area contributed by atoms with Crippen molar-refractivity contribution in [3.8, 4) is 11.5 Å². The van der Waals surface area contributed by atoms with Crippen molar-refractivity contribution in [1.82, 2.24) is 0 Å². The van der Waals surface area contributed by atoms with Crippen LogP contribution in [0.2, 0.25) is 5.02 Å². The summed E-state index contributed by atoms with van der Waals surface area (Å²) in [5, 5.41) is 18.6. The number of benzene rings is 1. The molecular formula is C11H14ClNO4. The number of carboxylic acid groups (broad SMARTS) is 1. The first-order valence-corrected chi connectivity index (χ1v) is 5.37. The predicted octanol–water partition coefficient (Wildman–Crippen LogP) is 1.92. The molecule has 4 N–H and O–H groups in total. The molecule has 1 rings (SSSR count). The Morgan fingerprint density at radius 2 is 2.24 bits per heavy atom. The van der Waals surface area contributed by atoms with E-state index in [1.807, 2.05) is 0 Å². The molecule has 0 heterocycles. The van der Waals surface area contributed by atoms with Crippen molar-refractivity contribution in [2.75, 3.05) is 7.11 Å². The Kier molecular flexibility index (Phi) is 4.60. The highest BCUT2D eigenvalue weighted by atomic mass is 35.5. The van der Waals surface area contributed by atoms with Crippen LogP contribution in [0.1, 0.15) is 24.4 Å². The van der Waals surface area contributed by atoms with Crippen LogP contribution in [0.15, 0.2) is 12.1 Å². The highest BCUT2D eigenvalue weighted by molar-refractivity contribution is 6.32. The van der Waals surface area contributed by atoms with E-state index in [9.17, 15) is 9.90 Å². The molecule has 0 spiro atoms. The molecule has 5 nitrogen and oxygen atoms in total. The summed E-state index contributed by atoms with van der Waals surface area (Å²) in [7, 11) is 1.44. The van der Waals surface area contributed by atoms with E-state index in [2.05, 4.69) is 0 Å². The zero-order valence-electron chi connectivity index (χ0n) is 9.31. The minimum Gasteiger partial charge on any atom is -0.507 e. The maximum atomic E-state index is 10.4. The van der Waals surface area contributed by atoms with Crippen LogP contribution >= 0.6 is 11.6 Å². The predicted molar refractivity (Wildman–Crippen MR) is 63.5 cm³/mol. The largest absolute Gasteiger partial charge is 0.507 e. The van der Waals surface area contributed by atoms with Crippen LogP contribution in [0.4, 0.5) is 0 Å². The van der Waals surface area contributed by atoms with Gasteiger partial charge in [-0.15, -0.1) is 0 Å². The number of ether oxygens (including phenoxy) is 1. The zero-order chi connectivity index (χ0) is 13.0. The van der Waals surface area contributed by atoms with Crippen LogP contribution in [0.3, 0.4) is 0 Å². The Morgan fingerprint density at radius 1 is 1.59 bits per heavy atom. The molecule has 1 aromatic carbocycles. The first-order valence-electron chi connectivity index (χ1n) is 4.99. The molecular weight excluding hydrogens is 246 g/mol. The van der Waals surface area contributed by atoms with Gasteiger partial charge in [-0.05, 0) is 12.5 Å². The quantitative estimate of drug-likeness (QED) is 0.751. The maximum Gasteiger partial charge on any atom is 0.303 e. The smallest absolute Gasteiger partial charge is 0.303 e. The van der Waals surface area contributed by atoms with E-state index in [4.69, 9.17) is 27.2 Å². The fourth-order valence-electron chi connectivity index (χ4n) is 1.45. The van der Waals surface area contributed by atoms with Gasteiger partial charge in [-0.3, -0.25) is 4.79 Å². The highest BCUT2D eigenvalue weighted by Gasteiger charge is 2.15. The number of nitrogens with two attached hydrogens (primary N) is 1. The molecule has 0 bridgehead atoms. The van der Waals surface area contributed by atoms with Gasteiger partial charge in [0.2, 0.25) is 0 Å². The summed E-state index contributed by atoms with van der Waals surface area (Å²) in [6, 6.07) is 2.27. The van der Waals surface area contributed by atoms with Crippen LogP contribution < -0.4 is 10.5 Å². The van der Waals surface area contributed by atoms with E-state index in [0.717, 1.165) is 0 Å². The average molecular weight is 260 g/mol. The maximum absolute atomic E-state index is 10.4. The number of hydrogen-bond acceptors (Lipinski definition) is 4. The number of hydrogen-bond donors (Lipinski definition) is 3. The number of phenols is 1. The van der Waals surface area contributed by atoms with E-state index in [1.165, 1.54) is 19.2 Å². The number of rotatable bonds is 5. The Balaban J connectivity index is 2.90. The summed E-state index contributed by atoms with van der Waals surface area (Å²) in [5.74, 6) is -0.637. The van der Waals surface area contributed by atoms with Crippen molar-refractivity contribution in [2.45, 2.75) is 18.9 Å². The van der Waals surface area contributed by atoms with Gasteiger partial charge < -0.3 is 20.7 Å². The molecule has 0 saturated carbocycles. The summed E-state index contributed by atoms with van der Waals surface area (Å²) in [6.07, 6.45) is 0.163. The van der Waals surface area contributed by atoms with Gasteiger partial charge in [-0.1, -0.05) is 11.6 Å². The summed E-state index contributed by atoms with van der Waals surface area (Å²) in [5.41, 5.74) is 6.20. The van der Waals surface area contributed by atoms with Crippen LogP contribution in [0, 0.1) is 0 Å². The number of halogens is 1. The van der Waals surface area contributed by atoms with Crippen molar-refractivity contribution < 1.29 is 19.7 Å². The monoisotopic (exact) mass is 259 g/mol. The van der Waals surface area contributed by atoms with Crippen molar-refractivity contribution >= 4 is 17.6 Å². The lowest BCUT2D eigenvalue weighted by Crippen LogP contribution is -2.12.